The number of fused-ring (bicyclic) bond motifs is 1. The van der Waals surface area contributed by atoms with Crippen LogP contribution in [0.2, 0.25) is 5.02 Å². The second kappa shape index (κ2) is 6.76. The first-order valence-corrected chi connectivity index (χ1v) is 7.51. The fourth-order valence-corrected chi connectivity index (χ4v) is 2.43. The van der Waals surface area contributed by atoms with Crippen molar-refractivity contribution < 1.29 is 19.5 Å². The van der Waals surface area contributed by atoms with Crippen molar-refractivity contribution in [2.45, 2.75) is 6.42 Å². The summed E-state index contributed by atoms with van der Waals surface area (Å²) >= 11 is 5.82. The molecule has 7 nitrogen and oxygen atoms in total. The summed E-state index contributed by atoms with van der Waals surface area (Å²) in [7, 11) is 0. The normalized spacial score (nSPS) is 13.7. The molecule has 0 atom stereocenters. The first kappa shape index (κ1) is 16.1. The quantitative estimate of drug-likeness (QED) is 0.482. The Bertz CT molecular complexity index is 822. The highest BCUT2D eigenvalue weighted by Crippen LogP contribution is 2.34. The minimum absolute atomic E-state index is 0.0429. The number of hydrogen-bond donors (Lipinski definition) is 0. The van der Waals surface area contributed by atoms with Gasteiger partial charge in [0.15, 0.2) is 11.5 Å². The van der Waals surface area contributed by atoms with Crippen LogP contribution in [0.15, 0.2) is 35.3 Å². The molecular formula is C16H12ClN2O5-. The van der Waals surface area contributed by atoms with Crippen molar-refractivity contribution in [3.05, 3.63) is 51.0 Å². The SMILES string of the molecule is O=[N+]([O-])c1cc(Cl)cc(C=Nc2ccc3c(c2)OCCCO3)c1[O-]. The van der Waals surface area contributed by atoms with Crippen LogP contribution in [0.5, 0.6) is 17.2 Å². The van der Waals surface area contributed by atoms with E-state index in [1.54, 1.807) is 18.2 Å². The molecule has 3 rings (SSSR count). The van der Waals surface area contributed by atoms with Crippen molar-refractivity contribution in [1.82, 2.24) is 0 Å². The molecule has 1 aliphatic rings. The van der Waals surface area contributed by atoms with Crippen LogP contribution in [0.25, 0.3) is 0 Å². The van der Waals surface area contributed by atoms with Gasteiger partial charge in [-0.15, -0.1) is 0 Å². The standard InChI is InChI=1S/C16H13ClN2O5/c17-11-6-10(16(20)13(7-11)19(21)22)9-18-12-2-3-14-15(8-12)24-5-1-4-23-14/h2-3,6-9,20H,1,4-5H2/p-1. The zero-order valence-electron chi connectivity index (χ0n) is 12.4. The zero-order valence-corrected chi connectivity index (χ0v) is 13.2. The lowest BCUT2D eigenvalue weighted by molar-refractivity contribution is -0.398. The van der Waals surface area contributed by atoms with Crippen molar-refractivity contribution in [2.75, 3.05) is 13.2 Å². The largest absolute Gasteiger partial charge is 0.867 e. The number of aliphatic imine (C=N–C) groups is 1. The first-order valence-electron chi connectivity index (χ1n) is 7.13. The highest BCUT2D eigenvalue weighted by atomic mass is 35.5. The van der Waals surface area contributed by atoms with Gasteiger partial charge in [-0.05, 0) is 29.5 Å². The molecule has 0 N–H and O–H groups in total. The lowest BCUT2D eigenvalue weighted by Gasteiger charge is -2.11. The van der Waals surface area contributed by atoms with Gasteiger partial charge in [-0.3, -0.25) is 15.1 Å². The van der Waals surface area contributed by atoms with Crippen molar-refractivity contribution >= 4 is 29.2 Å². The maximum absolute atomic E-state index is 12.0. The molecule has 0 fully saturated rings. The molecule has 0 saturated heterocycles. The van der Waals surface area contributed by atoms with Crippen LogP contribution < -0.4 is 14.6 Å². The second-order valence-electron chi connectivity index (χ2n) is 5.04. The van der Waals surface area contributed by atoms with Crippen LogP contribution in [-0.2, 0) is 0 Å². The van der Waals surface area contributed by atoms with E-state index in [1.807, 2.05) is 0 Å². The fraction of sp³-hybridized carbons (Fsp3) is 0.188. The second-order valence-corrected chi connectivity index (χ2v) is 5.48. The third-order valence-electron chi connectivity index (χ3n) is 3.34. The molecule has 0 saturated carbocycles. The maximum atomic E-state index is 12.0. The summed E-state index contributed by atoms with van der Waals surface area (Å²) in [4.78, 5) is 14.3. The third kappa shape index (κ3) is 3.41. The molecule has 24 heavy (non-hydrogen) atoms. The van der Waals surface area contributed by atoms with E-state index in [9.17, 15) is 15.2 Å². The Hall–Kier alpha value is -2.80. The highest BCUT2D eigenvalue weighted by molar-refractivity contribution is 6.31. The summed E-state index contributed by atoms with van der Waals surface area (Å²) in [6, 6.07) is 7.47. The predicted octanol–water partition coefficient (Wildman–Crippen LogP) is 3.23. The number of halogens is 1. The molecule has 0 amide bonds. The molecule has 1 aliphatic heterocycles. The first-order chi connectivity index (χ1) is 11.5. The summed E-state index contributed by atoms with van der Waals surface area (Å²) in [6.45, 7) is 1.13. The van der Waals surface area contributed by atoms with E-state index in [0.29, 0.717) is 30.4 Å². The number of nitro groups is 1. The third-order valence-corrected chi connectivity index (χ3v) is 3.56. The lowest BCUT2D eigenvalue weighted by atomic mass is 10.2. The van der Waals surface area contributed by atoms with E-state index in [2.05, 4.69) is 4.99 Å². The summed E-state index contributed by atoms with van der Waals surface area (Å²) in [6.07, 6.45) is 2.04. The molecule has 2 aromatic rings. The average Bonchev–Trinajstić information content (AvgIpc) is 2.79. The van der Waals surface area contributed by atoms with E-state index in [4.69, 9.17) is 21.1 Å². The molecule has 2 aromatic carbocycles. The van der Waals surface area contributed by atoms with Gasteiger partial charge < -0.3 is 14.6 Å². The number of nitro benzene ring substituents is 1. The highest BCUT2D eigenvalue weighted by Gasteiger charge is 2.12. The number of benzene rings is 2. The van der Waals surface area contributed by atoms with Crippen molar-refractivity contribution in [3.8, 4) is 17.2 Å². The lowest BCUT2D eigenvalue weighted by Crippen LogP contribution is -2.02. The number of rotatable bonds is 3. The van der Waals surface area contributed by atoms with Gasteiger partial charge in [0.05, 0.1) is 23.8 Å². The molecule has 0 aromatic heterocycles. The Morgan fingerprint density at radius 1 is 1.17 bits per heavy atom. The summed E-state index contributed by atoms with van der Waals surface area (Å²) in [5, 5.41) is 23.0. The molecule has 0 radical (unpaired) electrons. The summed E-state index contributed by atoms with van der Waals surface area (Å²) < 4.78 is 11.1. The van der Waals surface area contributed by atoms with Crippen molar-refractivity contribution in [1.29, 1.82) is 0 Å². The van der Waals surface area contributed by atoms with E-state index in [1.165, 1.54) is 12.3 Å². The van der Waals surface area contributed by atoms with Crippen LogP contribution >= 0.6 is 11.6 Å². The van der Waals surface area contributed by atoms with Gasteiger partial charge in [0.1, 0.15) is 0 Å². The van der Waals surface area contributed by atoms with Gasteiger partial charge in [0, 0.05) is 29.8 Å². The van der Waals surface area contributed by atoms with E-state index < -0.39 is 16.4 Å². The van der Waals surface area contributed by atoms with Gasteiger partial charge in [-0.2, -0.15) is 0 Å². The van der Waals surface area contributed by atoms with E-state index >= 15 is 0 Å². The molecule has 0 unspecified atom stereocenters. The Labute approximate surface area is 142 Å². The molecule has 8 heteroatoms. The predicted molar refractivity (Wildman–Crippen MR) is 86.9 cm³/mol. The van der Waals surface area contributed by atoms with Crippen molar-refractivity contribution in [3.63, 3.8) is 0 Å². The van der Waals surface area contributed by atoms with Crippen LogP contribution in [0.3, 0.4) is 0 Å². The zero-order chi connectivity index (χ0) is 17.1. The number of nitrogens with zero attached hydrogens (tertiary/aromatic N) is 2. The monoisotopic (exact) mass is 347 g/mol. The van der Waals surface area contributed by atoms with Crippen LogP contribution in [-0.4, -0.2) is 24.4 Å². The van der Waals surface area contributed by atoms with Crippen molar-refractivity contribution in [2.24, 2.45) is 4.99 Å². The van der Waals surface area contributed by atoms with Crippen LogP contribution in [0.4, 0.5) is 11.4 Å². The van der Waals surface area contributed by atoms with E-state index in [0.717, 1.165) is 12.5 Å². The smallest absolute Gasteiger partial charge is 0.263 e. The van der Waals surface area contributed by atoms with Gasteiger partial charge in [-0.1, -0.05) is 11.6 Å². The van der Waals surface area contributed by atoms with Gasteiger partial charge in [0.25, 0.3) is 5.69 Å². The Kier molecular flexibility index (Phi) is 4.52. The number of ether oxygens (including phenoxy) is 2. The summed E-state index contributed by atoms with van der Waals surface area (Å²) in [5.74, 6) is 0.471. The van der Waals surface area contributed by atoms with Gasteiger partial charge >= 0.3 is 0 Å². The fourth-order valence-electron chi connectivity index (χ4n) is 2.21. The average molecular weight is 348 g/mol. The molecule has 0 bridgehead atoms. The van der Waals surface area contributed by atoms with Crippen LogP contribution in [0, 0.1) is 10.1 Å². The van der Waals surface area contributed by atoms with Crippen LogP contribution in [0.1, 0.15) is 12.0 Å². The molecule has 0 spiro atoms. The molecule has 124 valence electrons. The van der Waals surface area contributed by atoms with Gasteiger partial charge in [0.2, 0.25) is 0 Å². The topological polar surface area (TPSA) is 97.0 Å². The Balaban J connectivity index is 1.91. The summed E-state index contributed by atoms with van der Waals surface area (Å²) in [5.41, 5.74) is -0.00907. The van der Waals surface area contributed by atoms with Gasteiger partial charge in [-0.25, -0.2) is 0 Å². The molecular weight excluding hydrogens is 336 g/mol. The Morgan fingerprint density at radius 2 is 1.92 bits per heavy atom. The molecule has 1 heterocycles. The van der Waals surface area contributed by atoms with E-state index in [-0.39, 0.29) is 10.6 Å². The maximum Gasteiger partial charge on any atom is 0.263 e. The molecule has 0 aliphatic carbocycles. The Morgan fingerprint density at radius 3 is 2.67 bits per heavy atom. The minimum atomic E-state index is -0.765. The number of hydrogen-bond acceptors (Lipinski definition) is 6. The minimum Gasteiger partial charge on any atom is -0.867 e.